The van der Waals surface area contributed by atoms with E-state index < -0.39 is 0 Å². The van der Waals surface area contributed by atoms with Crippen LogP contribution in [0.1, 0.15) is 12.5 Å². The van der Waals surface area contributed by atoms with Gasteiger partial charge in [-0.05, 0) is 59.2 Å². The van der Waals surface area contributed by atoms with Crippen LogP contribution in [0.5, 0.6) is 0 Å². The summed E-state index contributed by atoms with van der Waals surface area (Å²) in [5, 5.41) is 9.50. The van der Waals surface area contributed by atoms with Gasteiger partial charge in [-0.2, -0.15) is 0 Å². The molecule has 0 aliphatic rings. The normalized spacial score (nSPS) is 10.4. The third-order valence-corrected chi connectivity index (χ3v) is 3.80. The molecule has 3 heteroatoms. The van der Waals surface area contributed by atoms with Crippen LogP contribution in [0.3, 0.4) is 0 Å². The van der Waals surface area contributed by atoms with Crippen LogP contribution >= 0.6 is 12.2 Å². The second-order valence-corrected chi connectivity index (χ2v) is 5.60. The van der Waals surface area contributed by atoms with Gasteiger partial charge in [0.25, 0.3) is 0 Å². The fraction of sp³-hybridized carbons (Fsp3) is 0.105. The van der Waals surface area contributed by atoms with Crippen molar-refractivity contribution in [2.24, 2.45) is 0 Å². The van der Waals surface area contributed by atoms with Gasteiger partial charge >= 0.3 is 0 Å². The van der Waals surface area contributed by atoms with Crippen molar-refractivity contribution in [1.29, 1.82) is 0 Å². The topological polar surface area (TPSA) is 24.1 Å². The number of benzene rings is 3. The van der Waals surface area contributed by atoms with Crippen LogP contribution in [-0.4, -0.2) is 5.11 Å². The van der Waals surface area contributed by atoms with Gasteiger partial charge in [-0.25, -0.2) is 0 Å². The van der Waals surface area contributed by atoms with Gasteiger partial charge in [-0.1, -0.05) is 49.4 Å². The number of aryl methyl sites for hydroxylation is 1. The smallest absolute Gasteiger partial charge is 0.175 e. The van der Waals surface area contributed by atoms with E-state index in [1.165, 1.54) is 16.3 Å². The maximum Gasteiger partial charge on any atom is 0.175 e. The summed E-state index contributed by atoms with van der Waals surface area (Å²) in [5.74, 6) is 0. The van der Waals surface area contributed by atoms with Crippen molar-refractivity contribution < 1.29 is 0 Å². The molecule has 2 N–H and O–H groups in total. The molecule has 0 fully saturated rings. The number of nitrogens with one attached hydrogen (secondary N) is 2. The molecule has 0 radical (unpaired) electrons. The quantitative estimate of drug-likeness (QED) is 0.649. The highest BCUT2D eigenvalue weighted by Gasteiger charge is 2.01. The van der Waals surface area contributed by atoms with Crippen molar-refractivity contribution in [3.05, 3.63) is 72.3 Å². The Morgan fingerprint density at radius 1 is 0.818 bits per heavy atom. The predicted octanol–water partition coefficient (Wildman–Crippen LogP) is 5.21. The summed E-state index contributed by atoms with van der Waals surface area (Å²) in [7, 11) is 0. The van der Waals surface area contributed by atoms with Gasteiger partial charge < -0.3 is 10.6 Å². The molecule has 0 saturated heterocycles. The summed E-state index contributed by atoms with van der Waals surface area (Å²) in [6, 6.07) is 22.8. The molecule has 0 saturated carbocycles. The van der Waals surface area contributed by atoms with Crippen molar-refractivity contribution in [2.45, 2.75) is 13.3 Å². The molecule has 3 aromatic rings. The Bertz CT molecular complexity index is 811. The number of hydrogen-bond donors (Lipinski definition) is 2. The lowest BCUT2D eigenvalue weighted by atomic mass is 10.1. The molecule has 0 bridgehead atoms. The molecule has 0 heterocycles. The number of fused-ring (bicyclic) bond motifs is 1. The minimum Gasteiger partial charge on any atom is -0.332 e. The lowest BCUT2D eigenvalue weighted by Crippen LogP contribution is -2.19. The first-order valence-corrected chi connectivity index (χ1v) is 7.81. The third-order valence-electron chi connectivity index (χ3n) is 3.60. The van der Waals surface area contributed by atoms with E-state index in [0.717, 1.165) is 17.8 Å². The molecule has 2 nitrogen and oxygen atoms in total. The lowest BCUT2D eigenvalue weighted by molar-refractivity contribution is 1.14. The second-order valence-electron chi connectivity index (χ2n) is 5.19. The van der Waals surface area contributed by atoms with E-state index in [-0.39, 0.29) is 0 Å². The monoisotopic (exact) mass is 306 g/mol. The molecule has 0 amide bonds. The molecule has 3 rings (SSSR count). The molecular weight excluding hydrogens is 288 g/mol. The zero-order valence-corrected chi connectivity index (χ0v) is 13.3. The first-order valence-electron chi connectivity index (χ1n) is 7.40. The van der Waals surface area contributed by atoms with Crippen molar-refractivity contribution in [3.8, 4) is 0 Å². The standard InChI is InChI=1S/C19H18N2S/c1-2-14-6-5-9-17(12-14)20-19(22)21-18-11-10-15-7-3-4-8-16(15)13-18/h3-13H,2H2,1H3,(H2,20,21,22). The van der Waals surface area contributed by atoms with E-state index >= 15 is 0 Å². The maximum absolute atomic E-state index is 5.40. The number of rotatable bonds is 3. The molecule has 0 atom stereocenters. The van der Waals surface area contributed by atoms with Gasteiger partial charge in [-0.15, -0.1) is 0 Å². The van der Waals surface area contributed by atoms with Crippen LogP contribution in [0, 0.1) is 0 Å². The molecule has 0 unspecified atom stereocenters. The summed E-state index contributed by atoms with van der Waals surface area (Å²) in [6.45, 7) is 2.14. The molecule has 22 heavy (non-hydrogen) atoms. The molecule has 0 aromatic heterocycles. The highest BCUT2D eigenvalue weighted by molar-refractivity contribution is 7.80. The Kier molecular flexibility index (Phi) is 4.35. The molecule has 0 aliphatic heterocycles. The Morgan fingerprint density at radius 3 is 2.32 bits per heavy atom. The fourth-order valence-corrected chi connectivity index (χ4v) is 2.67. The Morgan fingerprint density at radius 2 is 1.55 bits per heavy atom. The van der Waals surface area contributed by atoms with E-state index in [2.05, 4.69) is 54.0 Å². The van der Waals surface area contributed by atoms with Gasteiger partial charge in [0.15, 0.2) is 5.11 Å². The van der Waals surface area contributed by atoms with Crippen molar-refractivity contribution in [2.75, 3.05) is 10.6 Å². The van der Waals surface area contributed by atoms with E-state index in [1.807, 2.05) is 30.3 Å². The van der Waals surface area contributed by atoms with Crippen molar-refractivity contribution in [3.63, 3.8) is 0 Å². The van der Waals surface area contributed by atoms with Crippen LogP contribution in [0.4, 0.5) is 11.4 Å². The van der Waals surface area contributed by atoms with Gasteiger partial charge in [0.1, 0.15) is 0 Å². The van der Waals surface area contributed by atoms with Crippen molar-refractivity contribution >= 4 is 39.5 Å². The SMILES string of the molecule is CCc1cccc(NC(=S)Nc2ccc3ccccc3c2)c1. The molecular formula is C19H18N2S. The van der Waals surface area contributed by atoms with E-state index in [9.17, 15) is 0 Å². The predicted molar refractivity (Wildman–Crippen MR) is 99.6 cm³/mol. The summed E-state index contributed by atoms with van der Waals surface area (Å²) >= 11 is 5.40. The zero-order chi connectivity index (χ0) is 15.4. The largest absolute Gasteiger partial charge is 0.332 e. The van der Waals surface area contributed by atoms with Gasteiger partial charge in [-0.3, -0.25) is 0 Å². The van der Waals surface area contributed by atoms with Gasteiger partial charge in [0.2, 0.25) is 0 Å². The van der Waals surface area contributed by atoms with E-state index in [1.54, 1.807) is 0 Å². The van der Waals surface area contributed by atoms with Crippen LogP contribution in [0.15, 0.2) is 66.7 Å². The van der Waals surface area contributed by atoms with Crippen LogP contribution in [0.2, 0.25) is 0 Å². The summed E-state index contributed by atoms with van der Waals surface area (Å²) in [4.78, 5) is 0. The van der Waals surface area contributed by atoms with Crippen LogP contribution in [-0.2, 0) is 6.42 Å². The minimum atomic E-state index is 0.600. The van der Waals surface area contributed by atoms with Crippen LogP contribution < -0.4 is 10.6 Å². The summed E-state index contributed by atoms with van der Waals surface area (Å²) in [6.07, 6.45) is 1.01. The molecule has 3 aromatic carbocycles. The number of thiocarbonyl (C=S) groups is 1. The van der Waals surface area contributed by atoms with Gasteiger partial charge in [0, 0.05) is 11.4 Å². The average Bonchev–Trinajstić information content (AvgIpc) is 2.55. The molecule has 110 valence electrons. The first kappa shape index (κ1) is 14.5. The highest BCUT2D eigenvalue weighted by Crippen LogP contribution is 2.19. The first-order chi connectivity index (χ1) is 10.7. The molecule has 0 aliphatic carbocycles. The van der Waals surface area contributed by atoms with E-state index in [4.69, 9.17) is 12.2 Å². The number of anilines is 2. The van der Waals surface area contributed by atoms with Crippen molar-refractivity contribution in [1.82, 2.24) is 0 Å². The summed E-state index contributed by atoms with van der Waals surface area (Å²) < 4.78 is 0. The summed E-state index contributed by atoms with van der Waals surface area (Å²) in [5.41, 5.74) is 3.29. The molecule has 0 spiro atoms. The third kappa shape index (κ3) is 3.43. The second kappa shape index (κ2) is 6.58. The minimum absolute atomic E-state index is 0.600. The van der Waals surface area contributed by atoms with E-state index in [0.29, 0.717) is 5.11 Å². The van der Waals surface area contributed by atoms with Gasteiger partial charge in [0.05, 0.1) is 0 Å². The average molecular weight is 306 g/mol. The Labute approximate surface area is 136 Å². The Hall–Kier alpha value is -2.39. The fourth-order valence-electron chi connectivity index (χ4n) is 2.43. The zero-order valence-electron chi connectivity index (χ0n) is 12.5. The number of hydrogen-bond acceptors (Lipinski definition) is 1. The highest BCUT2D eigenvalue weighted by atomic mass is 32.1. The van der Waals surface area contributed by atoms with Crippen LogP contribution in [0.25, 0.3) is 10.8 Å². The maximum atomic E-state index is 5.40. The lowest BCUT2D eigenvalue weighted by Gasteiger charge is -2.12. The Balaban J connectivity index is 1.72.